The second kappa shape index (κ2) is 7.82. The lowest BCUT2D eigenvalue weighted by molar-refractivity contribution is -0.127. The number of aryl methyl sites for hydroxylation is 2. The minimum Gasteiger partial charge on any atom is -0.481 e. The van der Waals surface area contributed by atoms with Crippen LogP contribution in [0.4, 0.5) is 0 Å². The quantitative estimate of drug-likeness (QED) is 0.876. The number of nitrogens with one attached hydrogen (secondary N) is 1. The molecule has 1 amide bonds. The second-order valence-electron chi connectivity index (χ2n) is 6.06. The average molecular weight is 311 g/mol. The SMILES string of the molecule is Cc1ccc(O[C@H](C)C(=O)NC[C@H](C)c2ccccc2)cc1C. The Bertz CT molecular complexity index is 652. The van der Waals surface area contributed by atoms with E-state index in [9.17, 15) is 4.79 Å². The smallest absolute Gasteiger partial charge is 0.260 e. The Labute approximate surface area is 138 Å². The van der Waals surface area contributed by atoms with Gasteiger partial charge in [0.1, 0.15) is 5.75 Å². The first-order valence-electron chi connectivity index (χ1n) is 8.04. The third kappa shape index (κ3) is 4.85. The molecule has 0 saturated heterocycles. The van der Waals surface area contributed by atoms with E-state index < -0.39 is 6.10 Å². The standard InChI is InChI=1S/C20H25NO2/c1-14-10-11-19(12-15(14)2)23-17(4)20(22)21-13-16(3)18-8-6-5-7-9-18/h5-12,16-17H,13H2,1-4H3,(H,21,22)/t16-,17+/m0/s1. The van der Waals surface area contributed by atoms with Gasteiger partial charge in [0.25, 0.3) is 5.91 Å². The van der Waals surface area contributed by atoms with Crippen LogP contribution in [0.15, 0.2) is 48.5 Å². The summed E-state index contributed by atoms with van der Waals surface area (Å²) < 4.78 is 5.74. The van der Waals surface area contributed by atoms with Gasteiger partial charge in [-0.2, -0.15) is 0 Å². The van der Waals surface area contributed by atoms with E-state index in [-0.39, 0.29) is 11.8 Å². The third-order valence-electron chi connectivity index (χ3n) is 4.11. The van der Waals surface area contributed by atoms with Crippen molar-refractivity contribution in [2.24, 2.45) is 0 Å². The van der Waals surface area contributed by atoms with Gasteiger partial charge < -0.3 is 10.1 Å². The van der Waals surface area contributed by atoms with Crippen LogP contribution in [0.25, 0.3) is 0 Å². The lowest BCUT2D eigenvalue weighted by Crippen LogP contribution is -2.38. The summed E-state index contributed by atoms with van der Waals surface area (Å²) in [7, 11) is 0. The first kappa shape index (κ1) is 17.1. The van der Waals surface area contributed by atoms with Crippen LogP contribution < -0.4 is 10.1 Å². The Kier molecular flexibility index (Phi) is 5.80. The zero-order chi connectivity index (χ0) is 16.8. The molecular formula is C20H25NO2. The molecule has 3 heteroatoms. The maximum Gasteiger partial charge on any atom is 0.260 e. The fourth-order valence-corrected chi connectivity index (χ4v) is 2.34. The maximum absolute atomic E-state index is 12.2. The molecule has 0 bridgehead atoms. The van der Waals surface area contributed by atoms with Gasteiger partial charge in [0.15, 0.2) is 6.10 Å². The van der Waals surface area contributed by atoms with E-state index in [4.69, 9.17) is 4.74 Å². The monoisotopic (exact) mass is 311 g/mol. The van der Waals surface area contributed by atoms with Crippen molar-refractivity contribution >= 4 is 5.91 Å². The molecule has 2 rings (SSSR count). The Morgan fingerprint density at radius 3 is 2.39 bits per heavy atom. The van der Waals surface area contributed by atoms with Gasteiger partial charge in [0, 0.05) is 6.54 Å². The fourth-order valence-electron chi connectivity index (χ4n) is 2.34. The minimum atomic E-state index is -0.514. The van der Waals surface area contributed by atoms with Gasteiger partial charge in [0.2, 0.25) is 0 Å². The van der Waals surface area contributed by atoms with Crippen LogP contribution >= 0.6 is 0 Å². The Balaban J connectivity index is 1.86. The number of carbonyl (C=O) groups is 1. The summed E-state index contributed by atoms with van der Waals surface area (Å²) in [6.07, 6.45) is -0.514. The van der Waals surface area contributed by atoms with Crippen LogP contribution in [0.3, 0.4) is 0 Å². The molecule has 0 saturated carbocycles. The topological polar surface area (TPSA) is 38.3 Å². The van der Waals surface area contributed by atoms with Crippen molar-refractivity contribution in [3.05, 3.63) is 65.2 Å². The molecule has 0 aromatic heterocycles. The highest BCUT2D eigenvalue weighted by Gasteiger charge is 2.16. The summed E-state index contributed by atoms with van der Waals surface area (Å²) in [4.78, 5) is 12.2. The van der Waals surface area contributed by atoms with E-state index in [0.29, 0.717) is 6.54 Å². The molecule has 0 spiro atoms. The maximum atomic E-state index is 12.2. The summed E-state index contributed by atoms with van der Waals surface area (Å²) in [6.45, 7) is 8.57. The third-order valence-corrected chi connectivity index (χ3v) is 4.11. The highest BCUT2D eigenvalue weighted by Crippen LogP contribution is 2.18. The summed E-state index contributed by atoms with van der Waals surface area (Å²) in [5.74, 6) is 0.909. The molecule has 0 aliphatic heterocycles. The molecule has 0 aliphatic rings. The number of benzene rings is 2. The van der Waals surface area contributed by atoms with Crippen LogP contribution in [0.5, 0.6) is 5.75 Å². The van der Waals surface area contributed by atoms with Crippen molar-refractivity contribution in [1.29, 1.82) is 0 Å². The predicted molar refractivity (Wildman–Crippen MR) is 93.9 cm³/mol. The summed E-state index contributed by atoms with van der Waals surface area (Å²) in [5, 5.41) is 2.96. The average Bonchev–Trinajstić information content (AvgIpc) is 2.56. The number of amides is 1. The van der Waals surface area contributed by atoms with Crippen LogP contribution in [0.1, 0.15) is 36.5 Å². The molecule has 2 aromatic rings. The molecule has 122 valence electrons. The van der Waals surface area contributed by atoms with Gasteiger partial charge in [-0.15, -0.1) is 0 Å². The number of carbonyl (C=O) groups excluding carboxylic acids is 1. The van der Waals surface area contributed by atoms with Gasteiger partial charge >= 0.3 is 0 Å². The number of rotatable bonds is 6. The summed E-state index contributed by atoms with van der Waals surface area (Å²) in [6, 6.07) is 16.0. The molecule has 0 heterocycles. The van der Waals surface area contributed by atoms with Crippen molar-refractivity contribution in [3.8, 4) is 5.75 Å². The van der Waals surface area contributed by atoms with E-state index in [2.05, 4.69) is 31.3 Å². The van der Waals surface area contributed by atoms with Crippen molar-refractivity contribution in [2.45, 2.75) is 39.7 Å². The molecule has 3 nitrogen and oxygen atoms in total. The van der Waals surface area contributed by atoms with Crippen LogP contribution in [0, 0.1) is 13.8 Å². The first-order valence-corrected chi connectivity index (χ1v) is 8.04. The highest BCUT2D eigenvalue weighted by atomic mass is 16.5. The Morgan fingerprint density at radius 1 is 1.04 bits per heavy atom. The predicted octanol–water partition coefficient (Wildman–Crippen LogP) is 3.99. The molecule has 2 atom stereocenters. The summed E-state index contributed by atoms with van der Waals surface area (Å²) in [5.41, 5.74) is 3.59. The minimum absolute atomic E-state index is 0.0917. The van der Waals surface area contributed by atoms with Crippen LogP contribution in [0.2, 0.25) is 0 Å². The lowest BCUT2D eigenvalue weighted by Gasteiger charge is -2.18. The van der Waals surface area contributed by atoms with Crippen molar-refractivity contribution in [3.63, 3.8) is 0 Å². The van der Waals surface area contributed by atoms with E-state index in [1.807, 2.05) is 43.3 Å². The Morgan fingerprint density at radius 2 is 1.74 bits per heavy atom. The molecule has 2 aromatic carbocycles. The molecule has 23 heavy (non-hydrogen) atoms. The van der Waals surface area contributed by atoms with E-state index >= 15 is 0 Å². The molecule has 0 aliphatic carbocycles. The van der Waals surface area contributed by atoms with E-state index in [1.165, 1.54) is 11.1 Å². The van der Waals surface area contributed by atoms with Crippen LogP contribution in [-0.2, 0) is 4.79 Å². The second-order valence-corrected chi connectivity index (χ2v) is 6.06. The molecule has 0 unspecified atom stereocenters. The van der Waals surface area contributed by atoms with E-state index in [1.54, 1.807) is 6.92 Å². The van der Waals surface area contributed by atoms with Crippen LogP contribution in [-0.4, -0.2) is 18.6 Å². The normalized spacial score (nSPS) is 13.2. The highest BCUT2D eigenvalue weighted by molar-refractivity contribution is 5.80. The van der Waals surface area contributed by atoms with Gasteiger partial charge in [0.05, 0.1) is 0 Å². The Hall–Kier alpha value is -2.29. The zero-order valence-electron chi connectivity index (χ0n) is 14.3. The number of ether oxygens (including phenoxy) is 1. The number of hydrogen-bond acceptors (Lipinski definition) is 2. The number of hydrogen-bond donors (Lipinski definition) is 1. The first-order chi connectivity index (χ1) is 11.0. The molecule has 0 fully saturated rings. The van der Waals surface area contributed by atoms with Gasteiger partial charge in [-0.1, -0.05) is 43.3 Å². The lowest BCUT2D eigenvalue weighted by atomic mass is 10.0. The fraction of sp³-hybridized carbons (Fsp3) is 0.350. The molecule has 1 N–H and O–H groups in total. The van der Waals surface area contributed by atoms with Crippen molar-refractivity contribution < 1.29 is 9.53 Å². The molecular weight excluding hydrogens is 286 g/mol. The van der Waals surface area contributed by atoms with Crippen molar-refractivity contribution in [1.82, 2.24) is 5.32 Å². The van der Waals surface area contributed by atoms with E-state index in [0.717, 1.165) is 11.3 Å². The van der Waals surface area contributed by atoms with Gasteiger partial charge in [-0.3, -0.25) is 4.79 Å². The largest absolute Gasteiger partial charge is 0.481 e. The molecule has 0 radical (unpaired) electrons. The van der Waals surface area contributed by atoms with Gasteiger partial charge in [-0.05, 0) is 55.5 Å². The van der Waals surface area contributed by atoms with Crippen molar-refractivity contribution in [2.75, 3.05) is 6.54 Å². The van der Waals surface area contributed by atoms with Gasteiger partial charge in [-0.25, -0.2) is 0 Å². The summed E-state index contributed by atoms with van der Waals surface area (Å²) >= 11 is 0. The zero-order valence-corrected chi connectivity index (χ0v) is 14.3.